The van der Waals surface area contributed by atoms with Gasteiger partial charge in [-0.2, -0.15) is 5.10 Å². The Hall–Kier alpha value is -2.04. The van der Waals surface area contributed by atoms with E-state index >= 15 is 0 Å². The minimum absolute atomic E-state index is 0.259. The van der Waals surface area contributed by atoms with Gasteiger partial charge in [0.15, 0.2) is 0 Å². The van der Waals surface area contributed by atoms with Gasteiger partial charge in [-0.05, 0) is 29.8 Å². The summed E-state index contributed by atoms with van der Waals surface area (Å²) in [5.41, 5.74) is 0.900. The fourth-order valence-corrected chi connectivity index (χ4v) is 1.06. The monoisotopic (exact) mass is 221 g/mol. The number of urea groups is 1. The van der Waals surface area contributed by atoms with Crippen LogP contribution in [-0.2, 0) is 0 Å². The van der Waals surface area contributed by atoms with Crippen LogP contribution in [-0.4, -0.2) is 38.5 Å². The molecule has 0 aliphatic heterocycles. The molecular formula is C11H15N3O2. The Labute approximate surface area is 94.7 Å². The largest absolute Gasteiger partial charge is 0.497 e. The third kappa shape index (κ3) is 3.27. The van der Waals surface area contributed by atoms with E-state index in [1.54, 1.807) is 27.4 Å². The van der Waals surface area contributed by atoms with Gasteiger partial charge in [0.2, 0.25) is 0 Å². The highest BCUT2D eigenvalue weighted by molar-refractivity contribution is 5.81. The molecule has 5 heteroatoms. The van der Waals surface area contributed by atoms with Gasteiger partial charge >= 0.3 is 6.03 Å². The normalized spacial score (nSPS) is 10.2. The van der Waals surface area contributed by atoms with Gasteiger partial charge in [-0.1, -0.05) is 0 Å². The SMILES string of the molecule is CNC(=O)N(C)/N=C/c1ccc(OC)cc1. The summed E-state index contributed by atoms with van der Waals surface area (Å²) in [6.07, 6.45) is 1.61. The summed E-state index contributed by atoms with van der Waals surface area (Å²) in [5.74, 6) is 0.789. The number of hydrogen-bond acceptors (Lipinski definition) is 3. The summed E-state index contributed by atoms with van der Waals surface area (Å²) in [6, 6.07) is 7.13. The maximum absolute atomic E-state index is 11.1. The zero-order chi connectivity index (χ0) is 12.0. The number of methoxy groups -OCH3 is 1. The molecule has 16 heavy (non-hydrogen) atoms. The molecule has 1 rings (SSSR count). The molecule has 0 saturated heterocycles. The van der Waals surface area contributed by atoms with Crippen molar-refractivity contribution in [2.45, 2.75) is 0 Å². The number of ether oxygens (including phenoxy) is 1. The molecule has 0 radical (unpaired) electrons. The first-order valence-corrected chi connectivity index (χ1v) is 4.81. The van der Waals surface area contributed by atoms with Crippen LogP contribution in [0.2, 0.25) is 0 Å². The standard InChI is InChI=1S/C11H15N3O2/c1-12-11(15)14(2)13-8-9-4-6-10(16-3)7-5-9/h4-8H,1-3H3,(H,12,15)/b13-8+. The van der Waals surface area contributed by atoms with Crippen LogP contribution in [0.3, 0.4) is 0 Å². The summed E-state index contributed by atoms with van der Waals surface area (Å²) in [6.45, 7) is 0. The minimum atomic E-state index is -0.259. The van der Waals surface area contributed by atoms with Crippen LogP contribution in [0.4, 0.5) is 4.79 Å². The van der Waals surface area contributed by atoms with Gasteiger partial charge in [-0.15, -0.1) is 0 Å². The molecular weight excluding hydrogens is 206 g/mol. The van der Waals surface area contributed by atoms with E-state index in [0.717, 1.165) is 11.3 Å². The van der Waals surface area contributed by atoms with Crippen LogP contribution in [0.15, 0.2) is 29.4 Å². The first-order valence-electron chi connectivity index (χ1n) is 4.81. The van der Waals surface area contributed by atoms with Crippen molar-refractivity contribution < 1.29 is 9.53 Å². The van der Waals surface area contributed by atoms with Gasteiger partial charge in [0.05, 0.1) is 13.3 Å². The molecule has 0 spiro atoms. The molecule has 1 N–H and O–H groups in total. The third-order valence-electron chi connectivity index (χ3n) is 2.00. The number of nitrogens with one attached hydrogen (secondary N) is 1. The van der Waals surface area contributed by atoms with Gasteiger partial charge in [0.1, 0.15) is 5.75 Å². The molecule has 2 amide bonds. The Morgan fingerprint density at radius 1 is 1.44 bits per heavy atom. The third-order valence-corrected chi connectivity index (χ3v) is 2.00. The van der Waals surface area contributed by atoms with Crippen molar-refractivity contribution in [3.8, 4) is 5.75 Å². The molecule has 1 aromatic carbocycles. The second-order valence-corrected chi connectivity index (χ2v) is 3.10. The molecule has 5 nitrogen and oxygen atoms in total. The zero-order valence-electron chi connectivity index (χ0n) is 9.60. The van der Waals surface area contributed by atoms with Crippen LogP contribution in [0.5, 0.6) is 5.75 Å². The van der Waals surface area contributed by atoms with E-state index in [-0.39, 0.29) is 6.03 Å². The maximum Gasteiger partial charge on any atom is 0.337 e. The Kier molecular flexibility index (Phi) is 4.32. The number of hydrogen-bond donors (Lipinski definition) is 1. The fourth-order valence-electron chi connectivity index (χ4n) is 1.06. The predicted octanol–water partition coefficient (Wildman–Crippen LogP) is 1.30. The molecule has 0 aromatic heterocycles. The van der Waals surface area contributed by atoms with Crippen molar-refractivity contribution in [2.24, 2.45) is 5.10 Å². The number of rotatable bonds is 3. The smallest absolute Gasteiger partial charge is 0.337 e. The fraction of sp³-hybridized carbons (Fsp3) is 0.273. The predicted molar refractivity (Wildman–Crippen MR) is 62.8 cm³/mol. The van der Waals surface area contributed by atoms with Crippen molar-refractivity contribution in [3.63, 3.8) is 0 Å². The molecule has 0 heterocycles. The molecule has 1 aromatic rings. The highest BCUT2D eigenvalue weighted by Crippen LogP contribution is 2.09. The zero-order valence-corrected chi connectivity index (χ0v) is 9.60. The van der Waals surface area contributed by atoms with E-state index in [0.29, 0.717) is 0 Å². The molecule has 0 aliphatic rings. The summed E-state index contributed by atoms with van der Waals surface area (Å²) < 4.78 is 5.03. The van der Waals surface area contributed by atoms with Crippen molar-refractivity contribution in [2.75, 3.05) is 21.2 Å². The second kappa shape index (κ2) is 5.75. The number of carbonyl (C=O) groups excluding carboxylic acids is 1. The van der Waals surface area contributed by atoms with Crippen LogP contribution in [0.1, 0.15) is 5.56 Å². The second-order valence-electron chi connectivity index (χ2n) is 3.10. The first-order chi connectivity index (χ1) is 7.67. The number of nitrogens with zero attached hydrogens (tertiary/aromatic N) is 2. The quantitative estimate of drug-likeness (QED) is 0.618. The Morgan fingerprint density at radius 3 is 2.56 bits per heavy atom. The molecule has 0 saturated carbocycles. The van der Waals surface area contributed by atoms with E-state index in [2.05, 4.69) is 10.4 Å². The van der Waals surface area contributed by atoms with Crippen molar-refractivity contribution in [3.05, 3.63) is 29.8 Å². The van der Waals surface area contributed by atoms with Gasteiger partial charge in [0, 0.05) is 14.1 Å². The van der Waals surface area contributed by atoms with E-state index in [4.69, 9.17) is 4.74 Å². The summed E-state index contributed by atoms with van der Waals surface area (Å²) in [5, 5.41) is 7.68. The van der Waals surface area contributed by atoms with Crippen LogP contribution < -0.4 is 10.1 Å². The highest BCUT2D eigenvalue weighted by atomic mass is 16.5. The van der Waals surface area contributed by atoms with Crippen molar-refractivity contribution in [1.29, 1.82) is 0 Å². The van der Waals surface area contributed by atoms with Gasteiger partial charge < -0.3 is 10.1 Å². The Morgan fingerprint density at radius 2 is 2.06 bits per heavy atom. The maximum atomic E-state index is 11.1. The van der Waals surface area contributed by atoms with E-state index in [1.807, 2.05) is 24.3 Å². The molecule has 0 fully saturated rings. The number of amides is 2. The van der Waals surface area contributed by atoms with Crippen LogP contribution in [0, 0.1) is 0 Å². The van der Waals surface area contributed by atoms with Crippen LogP contribution in [0.25, 0.3) is 0 Å². The summed E-state index contributed by atoms with van der Waals surface area (Å²) in [7, 11) is 4.75. The number of hydrazone groups is 1. The average molecular weight is 221 g/mol. The lowest BCUT2D eigenvalue weighted by Crippen LogP contribution is -2.30. The van der Waals surface area contributed by atoms with E-state index in [9.17, 15) is 4.79 Å². The van der Waals surface area contributed by atoms with Gasteiger partial charge in [-0.3, -0.25) is 0 Å². The van der Waals surface area contributed by atoms with Crippen LogP contribution >= 0.6 is 0 Å². The number of carbonyl (C=O) groups is 1. The molecule has 0 atom stereocenters. The first kappa shape index (κ1) is 12.0. The summed E-state index contributed by atoms with van der Waals surface area (Å²) in [4.78, 5) is 11.1. The highest BCUT2D eigenvalue weighted by Gasteiger charge is 2.01. The summed E-state index contributed by atoms with van der Waals surface area (Å²) >= 11 is 0. The van der Waals surface area contributed by atoms with E-state index < -0.39 is 0 Å². The Balaban J connectivity index is 2.65. The van der Waals surface area contributed by atoms with Gasteiger partial charge in [0.25, 0.3) is 0 Å². The van der Waals surface area contributed by atoms with Crippen molar-refractivity contribution in [1.82, 2.24) is 10.3 Å². The topological polar surface area (TPSA) is 53.9 Å². The lowest BCUT2D eigenvalue weighted by atomic mass is 10.2. The minimum Gasteiger partial charge on any atom is -0.497 e. The van der Waals surface area contributed by atoms with E-state index in [1.165, 1.54) is 5.01 Å². The molecule has 0 unspecified atom stereocenters. The molecule has 0 aliphatic carbocycles. The lowest BCUT2D eigenvalue weighted by Gasteiger charge is -2.08. The molecule has 86 valence electrons. The Bertz CT molecular complexity index is 373. The van der Waals surface area contributed by atoms with Gasteiger partial charge in [-0.25, -0.2) is 9.80 Å². The molecule has 0 bridgehead atoms. The lowest BCUT2D eigenvalue weighted by molar-refractivity contribution is 0.213. The average Bonchev–Trinajstić information content (AvgIpc) is 2.35. The van der Waals surface area contributed by atoms with Crippen molar-refractivity contribution >= 4 is 12.2 Å². The number of benzene rings is 1.